The minimum Gasteiger partial charge on any atom is -0.370 e. The highest BCUT2D eigenvalue weighted by atomic mass is 19.1. The zero-order chi connectivity index (χ0) is 23.4. The van der Waals surface area contributed by atoms with Crippen molar-refractivity contribution in [2.24, 2.45) is 0 Å². The number of hydrogen-bond acceptors (Lipinski definition) is 7. The van der Waals surface area contributed by atoms with Crippen LogP contribution in [-0.2, 0) is 4.74 Å². The van der Waals surface area contributed by atoms with Crippen LogP contribution in [0.25, 0.3) is 22.4 Å². The van der Waals surface area contributed by atoms with Gasteiger partial charge in [0.15, 0.2) is 5.65 Å². The summed E-state index contributed by atoms with van der Waals surface area (Å²) >= 11 is 0. The molecule has 34 heavy (non-hydrogen) atoms. The second-order valence-electron chi connectivity index (χ2n) is 9.21. The van der Waals surface area contributed by atoms with Gasteiger partial charge in [-0.15, -0.1) is 0 Å². The lowest BCUT2D eigenvalue weighted by Gasteiger charge is -2.32. The van der Waals surface area contributed by atoms with Crippen LogP contribution >= 0.6 is 0 Å². The van der Waals surface area contributed by atoms with E-state index in [1.807, 2.05) is 37.7 Å². The molecule has 0 bridgehead atoms. The highest BCUT2D eigenvalue weighted by molar-refractivity contribution is 5.88. The molecule has 2 aliphatic rings. The second kappa shape index (κ2) is 8.09. The largest absolute Gasteiger partial charge is 0.370 e. The smallest absolute Gasteiger partial charge is 0.228 e. The third-order valence-corrected chi connectivity index (χ3v) is 6.57. The number of ether oxygens (including phenoxy) is 1. The van der Waals surface area contributed by atoms with Crippen LogP contribution in [-0.4, -0.2) is 49.4 Å². The minimum atomic E-state index is -0.335. The van der Waals surface area contributed by atoms with E-state index in [9.17, 15) is 0 Å². The number of anilines is 1. The van der Waals surface area contributed by atoms with Crippen LogP contribution in [0.1, 0.15) is 47.5 Å². The maximum absolute atomic E-state index is 15.0. The first kappa shape index (κ1) is 21.1. The molecule has 0 amide bonds. The molecular weight excluding hydrogens is 433 g/mol. The van der Waals surface area contributed by atoms with Crippen LogP contribution in [0.15, 0.2) is 30.6 Å². The van der Waals surface area contributed by atoms with Gasteiger partial charge in [0, 0.05) is 23.9 Å². The van der Waals surface area contributed by atoms with E-state index < -0.39 is 0 Å². The van der Waals surface area contributed by atoms with Gasteiger partial charge in [-0.25, -0.2) is 19.3 Å². The van der Waals surface area contributed by atoms with E-state index >= 15 is 4.39 Å². The Balaban J connectivity index is 1.41. The Labute approximate surface area is 196 Å². The number of halogens is 1. The summed E-state index contributed by atoms with van der Waals surface area (Å²) in [6.07, 6.45) is 6.20. The number of rotatable bonds is 4. The summed E-state index contributed by atoms with van der Waals surface area (Å²) < 4.78 is 23.1. The van der Waals surface area contributed by atoms with Crippen LogP contribution < -0.4 is 4.90 Å². The molecule has 3 aromatic heterocycles. The quantitative estimate of drug-likeness (QED) is 0.451. The summed E-state index contributed by atoms with van der Waals surface area (Å²) in [6, 6.07) is 5.67. The van der Waals surface area contributed by atoms with Crippen LogP contribution in [0.4, 0.5) is 10.3 Å². The summed E-state index contributed by atoms with van der Waals surface area (Å²) in [4.78, 5) is 21.0. The van der Waals surface area contributed by atoms with Crippen molar-refractivity contribution in [2.75, 3.05) is 24.6 Å². The third-order valence-electron chi connectivity index (χ3n) is 6.57. The van der Waals surface area contributed by atoms with Gasteiger partial charge in [-0.1, -0.05) is 6.07 Å². The van der Waals surface area contributed by atoms with Gasteiger partial charge in [0.1, 0.15) is 23.1 Å². The van der Waals surface area contributed by atoms with Gasteiger partial charge >= 0.3 is 0 Å². The van der Waals surface area contributed by atoms with E-state index in [1.54, 1.807) is 6.07 Å². The van der Waals surface area contributed by atoms with E-state index in [0.29, 0.717) is 54.1 Å². The highest BCUT2D eigenvalue weighted by Gasteiger charge is 2.29. The highest BCUT2D eigenvalue weighted by Crippen LogP contribution is 2.36. The molecule has 1 saturated carbocycles. The fourth-order valence-corrected chi connectivity index (χ4v) is 4.33. The number of aryl methyl sites for hydroxylation is 3. The molecule has 0 radical (unpaired) electrons. The van der Waals surface area contributed by atoms with Gasteiger partial charge in [0.2, 0.25) is 5.95 Å². The molecule has 1 atom stereocenters. The first-order valence-corrected chi connectivity index (χ1v) is 11.7. The molecule has 6 rings (SSSR count). The van der Waals surface area contributed by atoms with Crippen molar-refractivity contribution in [3.05, 3.63) is 58.9 Å². The molecule has 4 heterocycles. The molecule has 1 aliphatic heterocycles. The lowest BCUT2D eigenvalue weighted by Crippen LogP contribution is -2.39. The van der Waals surface area contributed by atoms with Crippen LogP contribution in [0.2, 0.25) is 0 Å². The van der Waals surface area contributed by atoms with Crippen molar-refractivity contribution in [2.45, 2.75) is 45.8 Å². The monoisotopic (exact) mass is 459 g/mol. The molecule has 1 aliphatic carbocycles. The van der Waals surface area contributed by atoms with Crippen LogP contribution in [0.5, 0.6) is 0 Å². The van der Waals surface area contributed by atoms with Gasteiger partial charge in [0.05, 0.1) is 36.8 Å². The molecule has 1 saturated heterocycles. The maximum Gasteiger partial charge on any atom is 0.228 e. The summed E-state index contributed by atoms with van der Waals surface area (Å²) in [5.74, 6) is 0.168. The van der Waals surface area contributed by atoms with Crippen molar-refractivity contribution >= 4 is 17.1 Å². The molecular formula is C25H26FN7O. The average molecular weight is 460 g/mol. The van der Waals surface area contributed by atoms with Crippen molar-refractivity contribution in [1.82, 2.24) is 29.7 Å². The van der Waals surface area contributed by atoms with Crippen LogP contribution in [0.3, 0.4) is 0 Å². The second-order valence-corrected chi connectivity index (χ2v) is 9.21. The lowest BCUT2D eigenvalue weighted by molar-refractivity contribution is 0.0392. The van der Waals surface area contributed by atoms with E-state index in [1.165, 1.54) is 18.9 Å². The van der Waals surface area contributed by atoms with Gasteiger partial charge in [-0.3, -0.25) is 4.68 Å². The van der Waals surface area contributed by atoms with E-state index in [-0.39, 0.29) is 11.9 Å². The van der Waals surface area contributed by atoms with Crippen molar-refractivity contribution < 1.29 is 9.13 Å². The van der Waals surface area contributed by atoms with Gasteiger partial charge in [0.25, 0.3) is 0 Å². The van der Waals surface area contributed by atoms with Crippen molar-refractivity contribution in [3.63, 3.8) is 0 Å². The summed E-state index contributed by atoms with van der Waals surface area (Å²) in [6.45, 7) is 7.40. The molecule has 2 fully saturated rings. The topological polar surface area (TPSA) is 81.9 Å². The Morgan fingerprint density at radius 1 is 1.03 bits per heavy atom. The third kappa shape index (κ3) is 3.79. The van der Waals surface area contributed by atoms with Crippen molar-refractivity contribution in [1.29, 1.82) is 0 Å². The van der Waals surface area contributed by atoms with Gasteiger partial charge in [-0.2, -0.15) is 10.1 Å². The number of benzene rings is 1. The van der Waals surface area contributed by atoms with E-state index in [4.69, 9.17) is 14.7 Å². The summed E-state index contributed by atoms with van der Waals surface area (Å²) in [5, 5.41) is 4.51. The first-order chi connectivity index (χ1) is 16.5. The summed E-state index contributed by atoms with van der Waals surface area (Å²) in [5.41, 5.74) is 5.29. The predicted molar refractivity (Wildman–Crippen MR) is 126 cm³/mol. The minimum absolute atomic E-state index is 0.133. The molecule has 1 aromatic carbocycles. The zero-order valence-corrected chi connectivity index (χ0v) is 19.5. The number of morpholine rings is 1. The van der Waals surface area contributed by atoms with Crippen molar-refractivity contribution in [3.8, 4) is 11.3 Å². The fourth-order valence-electron chi connectivity index (χ4n) is 4.33. The SMILES string of the molecule is Cc1ccc(-c2nc(N3CCO[C@H](c4cnn(C5CC5)c4)C3)nc3nc(C)c(C)nc23)c(F)c1. The predicted octanol–water partition coefficient (Wildman–Crippen LogP) is 4.26. The van der Waals surface area contributed by atoms with E-state index in [0.717, 1.165) is 22.5 Å². The molecule has 0 spiro atoms. The van der Waals surface area contributed by atoms with Crippen LogP contribution in [0, 0.1) is 26.6 Å². The zero-order valence-electron chi connectivity index (χ0n) is 19.5. The van der Waals surface area contributed by atoms with Gasteiger partial charge < -0.3 is 9.64 Å². The Bertz CT molecular complexity index is 1400. The Kier molecular flexibility index (Phi) is 5.02. The number of hydrogen-bond donors (Lipinski definition) is 0. The molecule has 4 aromatic rings. The maximum atomic E-state index is 15.0. The first-order valence-electron chi connectivity index (χ1n) is 11.7. The molecule has 9 heteroatoms. The average Bonchev–Trinajstić information content (AvgIpc) is 3.56. The summed E-state index contributed by atoms with van der Waals surface area (Å²) in [7, 11) is 0. The molecule has 0 N–H and O–H groups in total. The molecule has 0 unspecified atom stereocenters. The molecule has 174 valence electrons. The number of fused-ring (bicyclic) bond motifs is 1. The van der Waals surface area contributed by atoms with E-state index in [2.05, 4.69) is 26.2 Å². The Morgan fingerprint density at radius 3 is 2.65 bits per heavy atom. The van der Waals surface area contributed by atoms with Gasteiger partial charge in [-0.05, 0) is 51.3 Å². The number of aromatic nitrogens is 6. The number of nitrogens with zero attached hydrogens (tertiary/aromatic N) is 7. The molecule has 8 nitrogen and oxygen atoms in total. The fraction of sp³-hybridized carbons (Fsp3) is 0.400. The Morgan fingerprint density at radius 2 is 1.85 bits per heavy atom. The standard InChI is InChI=1S/C25H26FN7O/c1-14-4-7-19(20(26)10-14)22-23-24(29-16(3)15(2)28-23)31-25(30-22)32-8-9-34-21(13-32)17-11-27-33(12-17)18-5-6-18/h4,7,10-12,18,21H,5-6,8-9,13H2,1-3H3/t21-/m0/s1. The normalized spacial score (nSPS) is 18.6. The Hall–Kier alpha value is -3.46. The lowest BCUT2D eigenvalue weighted by atomic mass is 10.1.